The van der Waals surface area contributed by atoms with E-state index >= 15 is 0 Å². The number of rotatable bonds is 5. The summed E-state index contributed by atoms with van der Waals surface area (Å²) in [5.41, 5.74) is 9.57. The maximum Gasteiger partial charge on any atom is 0.0946 e. The second kappa shape index (κ2) is 12.2. The summed E-state index contributed by atoms with van der Waals surface area (Å²) < 4.78 is 0. The van der Waals surface area contributed by atoms with Crippen LogP contribution in [0.4, 0.5) is 0 Å². The molecule has 2 aliphatic rings. The zero-order chi connectivity index (χ0) is 22.9. The third-order valence-corrected chi connectivity index (χ3v) is 6.41. The van der Waals surface area contributed by atoms with Crippen LogP contribution in [0.25, 0.3) is 5.57 Å². The zero-order valence-electron chi connectivity index (χ0n) is 19.9. The van der Waals surface area contributed by atoms with Gasteiger partial charge in [0, 0.05) is 72.0 Å². The van der Waals surface area contributed by atoms with Crippen molar-refractivity contribution in [3.05, 3.63) is 42.0 Å². The van der Waals surface area contributed by atoms with Gasteiger partial charge in [-0.3, -0.25) is 16.0 Å². The van der Waals surface area contributed by atoms with Gasteiger partial charge in [-0.2, -0.15) is 0 Å². The Morgan fingerprint density at radius 1 is 0.875 bits per heavy atom. The number of benzene rings is 1. The molecule has 0 radical (unpaired) electrons. The topological polar surface area (TPSA) is 110 Å². The summed E-state index contributed by atoms with van der Waals surface area (Å²) in [6, 6.07) is 8.78. The molecule has 8 nitrogen and oxygen atoms in total. The normalized spacial score (nSPS) is 28.6. The molecule has 0 amide bonds. The fourth-order valence-electron chi connectivity index (χ4n) is 4.20. The lowest BCUT2D eigenvalue weighted by Gasteiger charge is -2.39. The van der Waals surface area contributed by atoms with Gasteiger partial charge in [-0.05, 0) is 22.6 Å². The summed E-state index contributed by atoms with van der Waals surface area (Å²) in [6.07, 6.45) is 0. The summed E-state index contributed by atoms with van der Waals surface area (Å²) in [6.45, 7) is 17.7. The predicted molar refractivity (Wildman–Crippen MR) is 134 cm³/mol. The second-order valence-electron chi connectivity index (χ2n) is 9.53. The molecule has 0 saturated carbocycles. The molecular formula is C24H44N8. The lowest BCUT2D eigenvalue weighted by molar-refractivity contribution is 0.215. The molecule has 1 aromatic carbocycles. The highest BCUT2D eigenvalue weighted by Crippen LogP contribution is 2.21. The molecule has 8 heteroatoms. The van der Waals surface area contributed by atoms with Gasteiger partial charge in [0.15, 0.2) is 0 Å². The van der Waals surface area contributed by atoms with Crippen molar-refractivity contribution in [1.82, 2.24) is 37.2 Å². The zero-order valence-corrected chi connectivity index (χ0v) is 19.9. The van der Waals surface area contributed by atoms with Crippen LogP contribution in [0.15, 0.2) is 30.8 Å². The van der Waals surface area contributed by atoms with E-state index in [9.17, 15) is 0 Å². The van der Waals surface area contributed by atoms with Gasteiger partial charge < -0.3 is 27.0 Å². The fraction of sp³-hybridized carbons (Fsp3) is 0.667. The molecule has 9 N–H and O–H groups in total. The molecule has 0 atom stereocenters. The van der Waals surface area contributed by atoms with Gasteiger partial charge in [-0.1, -0.05) is 44.7 Å². The van der Waals surface area contributed by atoms with Crippen LogP contribution in [0.2, 0.25) is 0 Å². The van der Waals surface area contributed by atoms with Gasteiger partial charge >= 0.3 is 0 Å². The van der Waals surface area contributed by atoms with Crippen LogP contribution >= 0.6 is 0 Å². The number of fused-ring (bicyclic) bond motifs is 5. The maximum absolute atomic E-state index is 6.63. The number of hydrogen-bond donors (Lipinski definition) is 8. The Hall–Kier alpha value is -1.36. The van der Waals surface area contributed by atoms with Crippen molar-refractivity contribution < 1.29 is 0 Å². The lowest BCUT2D eigenvalue weighted by atomic mass is 9.96. The Morgan fingerprint density at radius 3 is 1.97 bits per heavy atom. The van der Waals surface area contributed by atoms with Gasteiger partial charge in [0.05, 0.1) is 11.3 Å². The first-order valence-corrected chi connectivity index (χ1v) is 12.1. The standard InChI is InChI=1S/C24H44N8/c1-19(2)20(3)22-6-4-21(5-7-22)14-32-24-17-28-10-8-26-15-23(25,30-12-13-31-24)16-27-9-11-29-18-24/h4-7,19,26-32H,3,8-18,25H2,1-2H3. The first kappa shape index (κ1) is 25.3. The van der Waals surface area contributed by atoms with Gasteiger partial charge in [0.1, 0.15) is 0 Å². The van der Waals surface area contributed by atoms with Crippen molar-refractivity contribution in [1.29, 1.82) is 0 Å². The SMILES string of the molecule is C=C(c1ccc(CNC23CNCCNCC(N)(CNCCNC2)NCCN3)cc1)C(C)C. The first-order valence-electron chi connectivity index (χ1n) is 12.1. The summed E-state index contributed by atoms with van der Waals surface area (Å²) >= 11 is 0. The number of hydrogen-bond acceptors (Lipinski definition) is 8. The molecule has 2 bridgehead atoms. The Kier molecular flexibility index (Phi) is 9.63. The van der Waals surface area contributed by atoms with Crippen molar-refractivity contribution >= 4 is 5.57 Å². The van der Waals surface area contributed by atoms with E-state index in [4.69, 9.17) is 5.73 Å². The van der Waals surface area contributed by atoms with Gasteiger partial charge in [-0.15, -0.1) is 0 Å². The molecule has 3 rings (SSSR count). The number of allylic oxidation sites excluding steroid dienone is 1. The molecule has 0 aliphatic carbocycles. The predicted octanol–water partition coefficient (Wildman–Crippen LogP) is -0.638. The Balaban J connectivity index is 1.69. The van der Waals surface area contributed by atoms with E-state index in [2.05, 4.69) is 81.9 Å². The van der Waals surface area contributed by atoms with Crippen LogP contribution in [0.5, 0.6) is 0 Å². The van der Waals surface area contributed by atoms with Crippen molar-refractivity contribution in [2.45, 2.75) is 31.7 Å². The molecule has 180 valence electrons. The molecule has 2 heterocycles. The van der Waals surface area contributed by atoms with E-state index in [-0.39, 0.29) is 5.66 Å². The summed E-state index contributed by atoms with van der Waals surface area (Å²) in [5, 5.41) is 25.4. The molecule has 2 aliphatic heterocycles. The van der Waals surface area contributed by atoms with Crippen LogP contribution in [0, 0.1) is 5.92 Å². The van der Waals surface area contributed by atoms with Crippen molar-refractivity contribution in [2.24, 2.45) is 11.7 Å². The minimum atomic E-state index is -0.460. The molecule has 0 spiro atoms. The molecule has 1 aromatic rings. The second-order valence-corrected chi connectivity index (χ2v) is 9.53. The summed E-state index contributed by atoms with van der Waals surface area (Å²) in [5.74, 6) is 0.455. The minimum absolute atomic E-state index is 0.266. The summed E-state index contributed by atoms with van der Waals surface area (Å²) in [4.78, 5) is 0. The average molecular weight is 445 g/mol. The quantitative estimate of drug-likeness (QED) is 0.303. The Bertz CT molecular complexity index is 686. The van der Waals surface area contributed by atoms with Crippen LogP contribution in [-0.4, -0.2) is 76.8 Å². The molecule has 0 unspecified atom stereocenters. The van der Waals surface area contributed by atoms with E-state index in [0.29, 0.717) is 5.92 Å². The van der Waals surface area contributed by atoms with Crippen molar-refractivity contribution in [3.8, 4) is 0 Å². The number of nitrogens with two attached hydrogens (primary N) is 1. The molecular weight excluding hydrogens is 400 g/mol. The Labute approximate surface area is 193 Å². The highest BCUT2D eigenvalue weighted by molar-refractivity contribution is 5.64. The van der Waals surface area contributed by atoms with Crippen LogP contribution in [0.1, 0.15) is 25.0 Å². The van der Waals surface area contributed by atoms with Gasteiger partial charge in [0.2, 0.25) is 0 Å². The van der Waals surface area contributed by atoms with Crippen molar-refractivity contribution in [2.75, 3.05) is 65.4 Å². The molecule has 2 saturated heterocycles. The molecule has 0 aromatic heterocycles. The van der Waals surface area contributed by atoms with E-state index in [0.717, 1.165) is 72.0 Å². The van der Waals surface area contributed by atoms with Crippen LogP contribution in [0.3, 0.4) is 0 Å². The van der Waals surface area contributed by atoms with Crippen molar-refractivity contribution in [3.63, 3.8) is 0 Å². The summed E-state index contributed by atoms with van der Waals surface area (Å²) in [7, 11) is 0. The first-order chi connectivity index (χ1) is 15.4. The molecule has 32 heavy (non-hydrogen) atoms. The monoisotopic (exact) mass is 444 g/mol. The maximum atomic E-state index is 6.63. The van der Waals surface area contributed by atoms with E-state index < -0.39 is 5.66 Å². The van der Waals surface area contributed by atoms with Crippen LogP contribution in [-0.2, 0) is 6.54 Å². The largest absolute Gasteiger partial charge is 0.312 e. The highest BCUT2D eigenvalue weighted by Gasteiger charge is 2.30. The lowest BCUT2D eigenvalue weighted by Crippen LogP contribution is -2.71. The van der Waals surface area contributed by atoms with E-state index in [1.165, 1.54) is 16.7 Å². The number of nitrogens with one attached hydrogen (secondary N) is 7. The minimum Gasteiger partial charge on any atom is -0.312 e. The van der Waals surface area contributed by atoms with E-state index in [1.807, 2.05) is 0 Å². The Morgan fingerprint density at radius 2 is 1.41 bits per heavy atom. The van der Waals surface area contributed by atoms with Gasteiger partial charge in [0.25, 0.3) is 0 Å². The van der Waals surface area contributed by atoms with Gasteiger partial charge in [-0.25, -0.2) is 0 Å². The highest BCUT2D eigenvalue weighted by atomic mass is 15.3. The third kappa shape index (κ3) is 7.60. The van der Waals surface area contributed by atoms with E-state index in [1.54, 1.807) is 0 Å². The fourth-order valence-corrected chi connectivity index (χ4v) is 4.20. The third-order valence-electron chi connectivity index (χ3n) is 6.41. The average Bonchev–Trinajstić information content (AvgIpc) is 2.78. The molecule has 2 fully saturated rings. The van der Waals surface area contributed by atoms with Crippen LogP contribution < -0.4 is 43.0 Å². The smallest absolute Gasteiger partial charge is 0.0946 e.